The first-order chi connectivity index (χ1) is 12.7. The van der Waals surface area contributed by atoms with Crippen molar-refractivity contribution < 1.29 is 4.79 Å². The molecule has 1 aliphatic heterocycles. The van der Waals surface area contributed by atoms with E-state index in [0.717, 1.165) is 35.7 Å². The zero-order chi connectivity index (χ0) is 18.4. The predicted molar refractivity (Wildman–Crippen MR) is 105 cm³/mol. The smallest absolute Gasteiger partial charge is 0.225 e. The third-order valence-corrected chi connectivity index (χ3v) is 4.56. The Morgan fingerprint density at radius 1 is 1.31 bits per heavy atom. The molecule has 1 aromatic carbocycles. The number of para-hydroxylation sites is 1. The molecule has 0 aliphatic carbocycles. The van der Waals surface area contributed by atoms with Gasteiger partial charge in [0.15, 0.2) is 5.96 Å². The van der Waals surface area contributed by atoms with Crippen LogP contribution in [0.4, 0.5) is 5.69 Å². The molecule has 2 heterocycles. The summed E-state index contributed by atoms with van der Waals surface area (Å²) in [5.74, 6) is 0.892. The normalized spacial score (nSPS) is 16.6. The van der Waals surface area contributed by atoms with Gasteiger partial charge in [-0.1, -0.05) is 35.9 Å². The number of carbonyl (C=O) groups is 1. The van der Waals surface area contributed by atoms with Crippen LogP contribution < -0.4 is 16.0 Å². The molecule has 0 radical (unpaired) electrons. The third kappa shape index (κ3) is 4.73. The molecule has 0 spiro atoms. The van der Waals surface area contributed by atoms with Crippen molar-refractivity contribution in [1.29, 1.82) is 0 Å². The summed E-state index contributed by atoms with van der Waals surface area (Å²) in [5, 5.41) is 10.0. The van der Waals surface area contributed by atoms with Crippen LogP contribution in [-0.2, 0) is 11.2 Å². The van der Waals surface area contributed by atoms with Crippen LogP contribution >= 0.6 is 11.6 Å². The number of halogens is 1. The van der Waals surface area contributed by atoms with Gasteiger partial charge in [-0.15, -0.1) is 0 Å². The molecule has 1 unspecified atom stereocenters. The van der Waals surface area contributed by atoms with Crippen molar-refractivity contribution in [2.75, 3.05) is 25.5 Å². The summed E-state index contributed by atoms with van der Waals surface area (Å²) < 4.78 is 0. The van der Waals surface area contributed by atoms with E-state index in [4.69, 9.17) is 11.6 Å². The lowest BCUT2D eigenvalue weighted by Crippen LogP contribution is -2.41. The van der Waals surface area contributed by atoms with Crippen molar-refractivity contribution in [1.82, 2.24) is 15.6 Å². The molecular formula is C19H22ClN5O. The molecule has 1 aromatic heterocycles. The minimum Gasteiger partial charge on any atom is -0.356 e. The number of rotatable bonds is 5. The quantitative estimate of drug-likeness (QED) is 0.429. The lowest BCUT2D eigenvalue weighted by atomic mass is 9.90. The van der Waals surface area contributed by atoms with Gasteiger partial charge in [0.2, 0.25) is 5.91 Å². The number of hydrogen-bond acceptors (Lipinski definition) is 3. The summed E-state index contributed by atoms with van der Waals surface area (Å²) in [6, 6.07) is 11.7. The molecule has 6 nitrogen and oxygen atoms in total. The predicted octanol–water partition coefficient (Wildman–Crippen LogP) is 2.57. The number of fused-ring (bicyclic) bond motifs is 1. The number of nitrogens with one attached hydrogen (secondary N) is 3. The van der Waals surface area contributed by atoms with Gasteiger partial charge >= 0.3 is 0 Å². The van der Waals surface area contributed by atoms with E-state index in [2.05, 4.69) is 32.0 Å². The van der Waals surface area contributed by atoms with Gasteiger partial charge in [-0.25, -0.2) is 4.98 Å². The number of aromatic nitrogens is 1. The first kappa shape index (κ1) is 18.2. The summed E-state index contributed by atoms with van der Waals surface area (Å²) in [4.78, 5) is 20.2. The van der Waals surface area contributed by atoms with E-state index in [1.54, 1.807) is 19.3 Å². The third-order valence-electron chi connectivity index (χ3n) is 4.34. The maximum Gasteiger partial charge on any atom is 0.225 e. The summed E-state index contributed by atoms with van der Waals surface area (Å²) in [5.41, 5.74) is 3.16. The number of aliphatic imine (C=N–C) groups is 1. The number of carbonyl (C=O) groups excluding carboxylic acids is 1. The zero-order valence-corrected chi connectivity index (χ0v) is 15.4. The molecule has 0 saturated heterocycles. The lowest BCUT2D eigenvalue weighted by molar-refractivity contribution is -0.116. The van der Waals surface area contributed by atoms with Crippen LogP contribution in [0.2, 0.25) is 5.15 Å². The summed E-state index contributed by atoms with van der Waals surface area (Å²) in [7, 11) is 1.74. The SMILES string of the molecule is CN=C(NCCc1ccc(Cl)nc1)NCC1CC(=O)Nc2ccccc21. The van der Waals surface area contributed by atoms with Crippen molar-refractivity contribution in [3.05, 3.63) is 58.9 Å². The summed E-state index contributed by atoms with van der Waals surface area (Å²) >= 11 is 5.80. The molecule has 1 amide bonds. The minimum absolute atomic E-state index is 0.0497. The van der Waals surface area contributed by atoms with Crippen molar-refractivity contribution in [3.8, 4) is 0 Å². The Labute approximate surface area is 158 Å². The Bertz CT molecular complexity index is 791. The van der Waals surface area contributed by atoms with E-state index >= 15 is 0 Å². The molecule has 0 bridgehead atoms. The van der Waals surface area contributed by atoms with E-state index in [1.807, 2.05) is 24.3 Å². The van der Waals surface area contributed by atoms with E-state index in [9.17, 15) is 4.79 Å². The number of amides is 1. The van der Waals surface area contributed by atoms with Gasteiger partial charge in [-0.2, -0.15) is 0 Å². The second-order valence-electron chi connectivity index (χ2n) is 6.16. The summed E-state index contributed by atoms with van der Waals surface area (Å²) in [6.45, 7) is 1.37. The van der Waals surface area contributed by atoms with Gasteiger partial charge in [0.25, 0.3) is 0 Å². The highest BCUT2D eigenvalue weighted by Crippen LogP contribution is 2.31. The Hall–Kier alpha value is -2.60. The van der Waals surface area contributed by atoms with Crippen LogP contribution in [0.5, 0.6) is 0 Å². The monoisotopic (exact) mass is 371 g/mol. The van der Waals surface area contributed by atoms with Gasteiger partial charge in [-0.3, -0.25) is 9.79 Å². The fraction of sp³-hybridized carbons (Fsp3) is 0.316. The molecule has 7 heteroatoms. The van der Waals surface area contributed by atoms with Crippen molar-refractivity contribution in [2.45, 2.75) is 18.8 Å². The number of nitrogens with zero attached hydrogens (tertiary/aromatic N) is 2. The largest absolute Gasteiger partial charge is 0.356 e. The van der Waals surface area contributed by atoms with E-state index in [0.29, 0.717) is 18.1 Å². The molecule has 136 valence electrons. The fourth-order valence-corrected chi connectivity index (χ4v) is 3.12. The van der Waals surface area contributed by atoms with Crippen LogP contribution in [0, 0.1) is 0 Å². The standard InChI is InChI=1S/C19H22ClN5O/c1-21-19(22-9-8-13-6-7-17(20)23-11-13)24-12-14-10-18(26)25-16-5-3-2-4-15(14)16/h2-7,11,14H,8-10,12H2,1H3,(H,25,26)(H2,21,22,24). The molecule has 3 N–H and O–H groups in total. The van der Waals surface area contributed by atoms with Gasteiger partial charge in [-0.05, 0) is 29.7 Å². The Balaban J connectivity index is 1.51. The second-order valence-corrected chi connectivity index (χ2v) is 6.54. The zero-order valence-electron chi connectivity index (χ0n) is 14.6. The van der Waals surface area contributed by atoms with E-state index < -0.39 is 0 Å². The molecule has 1 aliphatic rings. The highest BCUT2D eigenvalue weighted by atomic mass is 35.5. The number of benzene rings is 1. The lowest BCUT2D eigenvalue weighted by Gasteiger charge is -2.26. The second kappa shape index (κ2) is 8.67. The summed E-state index contributed by atoms with van der Waals surface area (Å²) in [6.07, 6.45) is 3.06. The average molecular weight is 372 g/mol. The first-order valence-electron chi connectivity index (χ1n) is 8.59. The van der Waals surface area contributed by atoms with Crippen molar-refractivity contribution in [2.24, 2.45) is 4.99 Å². The van der Waals surface area contributed by atoms with E-state index in [1.165, 1.54) is 0 Å². The number of hydrogen-bond donors (Lipinski definition) is 3. The molecule has 0 saturated carbocycles. The maximum atomic E-state index is 11.9. The topological polar surface area (TPSA) is 78.4 Å². The average Bonchev–Trinajstić information content (AvgIpc) is 2.65. The molecule has 2 aromatic rings. The van der Waals surface area contributed by atoms with Crippen LogP contribution in [0.1, 0.15) is 23.5 Å². The van der Waals surface area contributed by atoms with Crippen LogP contribution in [0.15, 0.2) is 47.6 Å². The first-order valence-corrected chi connectivity index (χ1v) is 8.97. The van der Waals surface area contributed by atoms with Gasteiger partial charge in [0, 0.05) is 44.4 Å². The van der Waals surface area contributed by atoms with Crippen LogP contribution in [-0.4, -0.2) is 37.0 Å². The molecule has 0 fully saturated rings. The molecule has 3 rings (SSSR count). The Kier molecular flexibility index (Phi) is 6.07. The highest BCUT2D eigenvalue weighted by Gasteiger charge is 2.24. The Morgan fingerprint density at radius 3 is 2.92 bits per heavy atom. The Morgan fingerprint density at radius 2 is 2.15 bits per heavy atom. The van der Waals surface area contributed by atoms with Crippen LogP contribution in [0.25, 0.3) is 0 Å². The molecule has 26 heavy (non-hydrogen) atoms. The highest BCUT2D eigenvalue weighted by molar-refractivity contribution is 6.29. The minimum atomic E-state index is 0.0497. The van der Waals surface area contributed by atoms with Gasteiger partial charge < -0.3 is 16.0 Å². The van der Waals surface area contributed by atoms with Gasteiger partial charge in [0.1, 0.15) is 5.15 Å². The number of guanidine groups is 1. The van der Waals surface area contributed by atoms with E-state index in [-0.39, 0.29) is 11.8 Å². The number of pyridine rings is 1. The molecular weight excluding hydrogens is 350 g/mol. The number of anilines is 1. The van der Waals surface area contributed by atoms with Crippen LogP contribution in [0.3, 0.4) is 0 Å². The van der Waals surface area contributed by atoms with Crippen molar-refractivity contribution >= 4 is 29.2 Å². The van der Waals surface area contributed by atoms with Crippen molar-refractivity contribution in [3.63, 3.8) is 0 Å². The molecule has 1 atom stereocenters. The fourth-order valence-electron chi connectivity index (χ4n) is 3.00. The maximum absolute atomic E-state index is 11.9. The van der Waals surface area contributed by atoms with Gasteiger partial charge in [0.05, 0.1) is 0 Å².